The van der Waals surface area contributed by atoms with Crippen LogP contribution in [0.2, 0.25) is 5.02 Å². The van der Waals surface area contributed by atoms with Crippen molar-refractivity contribution in [3.05, 3.63) is 71.5 Å². The Morgan fingerprint density at radius 3 is 2.86 bits per heavy atom. The maximum atomic E-state index is 12.4. The fourth-order valence-electron chi connectivity index (χ4n) is 1.92. The number of hydrogen-bond donors (Lipinski definition) is 1. The lowest BCUT2D eigenvalue weighted by Crippen LogP contribution is -2.27. The number of pyridine rings is 1. The molecule has 0 aliphatic rings. The van der Waals surface area contributed by atoms with E-state index in [0.29, 0.717) is 22.9 Å². The van der Waals surface area contributed by atoms with Gasteiger partial charge in [0.25, 0.3) is 5.91 Å². The van der Waals surface area contributed by atoms with Crippen LogP contribution in [0, 0.1) is 0 Å². The number of aromatic nitrogens is 1. The summed E-state index contributed by atoms with van der Waals surface area (Å²) in [5.74, 6) is 0.306. The number of nitrogens with zero attached hydrogens (tertiary/aromatic N) is 1. The average molecular weight is 317 g/mol. The summed E-state index contributed by atoms with van der Waals surface area (Å²) in [5, 5.41) is 3.46. The molecule has 1 aromatic carbocycles. The number of para-hydroxylation sites is 1. The number of rotatable bonds is 6. The Hall–Kier alpha value is -2.33. The highest BCUT2D eigenvalue weighted by Gasteiger charge is 2.16. The fourth-order valence-corrected chi connectivity index (χ4v) is 2.03. The van der Waals surface area contributed by atoms with Gasteiger partial charge in [-0.3, -0.25) is 9.78 Å². The lowest BCUT2D eigenvalue weighted by Gasteiger charge is -2.15. The van der Waals surface area contributed by atoms with Crippen molar-refractivity contribution in [3.8, 4) is 5.75 Å². The van der Waals surface area contributed by atoms with Gasteiger partial charge in [-0.1, -0.05) is 36.4 Å². The zero-order valence-electron chi connectivity index (χ0n) is 12.3. The Kier molecular flexibility index (Phi) is 5.55. The number of carbonyl (C=O) groups is 1. The fraction of sp³-hybridized carbons (Fsp3) is 0.176. The average Bonchev–Trinajstić information content (AvgIpc) is 2.53. The van der Waals surface area contributed by atoms with Gasteiger partial charge in [-0.15, -0.1) is 0 Å². The number of hydrogen-bond acceptors (Lipinski definition) is 3. The molecule has 5 heteroatoms. The standard InChI is InChI=1S/C17H17ClN2O2/c1-3-10-22-16-7-5-4-6-14(16)17(21)20-12(2)15-9-8-13(18)11-19-15/h3-9,11-12H,1,10H2,2H3,(H,20,21)/t12-/m1/s1. The Bertz CT molecular complexity index is 656. The third kappa shape index (κ3) is 4.09. The molecule has 0 unspecified atom stereocenters. The van der Waals surface area contributed by atoms with Crippen LogP contribution in [0.25, 0.3) is 0 Å². The van der Waals surface area contributed by atoms with Gasteiger partial charge in [0.1, 0.15) is 12.4 Å². The smallest absolute Gasteiger partial charge is 0.255 e. The Balaban J connectivity index is 2.11. The van der Waals surface area contributed by atoms with Crippen molar-refractivity contribution in [2.24, 2.45) is 0 Å². The minimum absolute atomic E-state index is 0.219. The Morgan fingerprint density at radius 2 is 2.18 bits per heavy atom. The van der Waals surface area contributed by atoms with Crippen molar-refractivity contribution in [2.45, 2.75) is 13.0 Å². The lowest BCUT2D eigenvalue weighted by molar-refractivity contribution is 0.0935. The van der Waals surface area contributed by atoms with Crippen molar-refractivity contribution in [3.63, 3.8) is 0 Å². The SMILES string of the molecule is C=CCOc1ccccc1C(=O)N[C@H](C)c1ccc(Cl)cn1. The van der Waals surface area contributed by atoms with E-state index in [0.717, 1.165) is 5.69 Å². The van der Waals surface area contributed by atoms with Gasteiger partial charge in [0.15, 0.2) is 0 Å². The molecule has 0 bridgehead atoms. The van der Waals surface area contributed by atoms with Crippen LogP contribution in [0.15, 0.2) is 55.3 Å². The first kappa shape index (κ1) is 16.0. The molecule has 0 aliphatic heterocycles. The topological polar surface area (TPSA) is 51.2 Å². The zero-order valence-corrected chi connectivity index (χ0v) is 13.0. The van der Waals surface area contributed by atoms with Crippen LogP contribution >= 0.6 is 11.6 Å². The Morgan fingerprint density at radius 1 is 1.41 bits per heavy atom. The first-order chi connectivity index (χ1) is 10.6. The molecule has 114 valence electrons. The van der Waals surface area contributed by atoms with Crippen LogP contribution in [0.1, 0.15) is 29.0 Å². The van der Waals surface area contributed by atoms with Gasteiger partial charge in [0.05, 0.1) is 22.3 Å². The summed E-state index contributed by atoms with van der Waals surface area (Å²) in [6.07, 6.45) is 3.19. The second-order valence-electron chi connectivity index (χ2n) is 4.69. The number of nitrogens with one attached hydrogen (secondary N) is 1. The lowest BCUT2D eigenvalue weighted by atomic mass is 10.1. The summed E-state index contributed by atoms with van der Waals surface area (Å²) < 4.78 is 5.50. The van der Waals surface area contributed by atoms with E-state index in [-0.39, 0.29) is 11.9 Å². The summed E-state index contributed by atoms with van der Waals surface area (Å²) in [6.45, 7) is 5.81. The van der Waals surface area contributed by atoms with Crippen molar-refractivity contribution in [1.29, 1.82) is 0 Å². The normalized spacial score (nSPS) is 11.5. The van der Waals surface area contributed by atoms with E-state index in [4.69, 9.17) is 16.3 Å². The molecule has 0 radical (unpaired) electrons. The van der Waals surface area contributed by atoms with Crippen LogP contribution in [-0.2, 0) is 0 Å². The molecule has 1 atom stereocenters. The monoisotopic (exact) mass is 316 g/mol. The minimum atomic E-state index is -0.239. The van der Waals surface area contributed by atoms with E-state index in [2.05, 4.69) is 16.9 Å². The molecule has 0 fully saturated rings. The van der Waals surface area contributed by atoms with Crippen molar-refractivity contribution >= 4 is 17.5 Å². The van der Waals surface area contributed by atoms with E-state index in [1.165, 1.54) is 0 Å². The highest BCUT2D eigenvalue weighted by molar-refractivity contribution is 6.30. The van der Waals surface area contributed by atoms with Crippen LogP contribution in [0.4, 0.5) is 0 Å². The molecule has 0 spiro atoms. The first-order valence-electron chi connectivity index (χ1n) is 6.87. The number of ether oxygens (including phenoxy) is 1. The Labute approximate surface area is 134 Å². The maximum absolute atomic E-state index is 12.4. The van der Waals surface area contributed by atoms with E-state index in [1.54, 1.807) is 42.6 Å². The summed E-state index contributed by atoms with van der Waals surface area (Å²) >= 11 is 5.81. The van der Waals surface area contributed by atoms with Gasteiger partial charge in [0, 0.05) is 6.20 Å². The molecular formula is C17H17ClN2O2. The van der Waals surface area contributed by atoms with E-state index >= 15 is 0 Å². The molecule has 1 amide bonds. The summed E-state index contributed by atoms with van der Waals surface area (Å²) in [5.41, 5.74) is 1.22. The molecule has 2 aromatic rings. The number of benzene rings is 1. The van der Waals surface area contributed by atoms with Crippen molar-refractivity contribution in [1.82, 2.24) is 10.3 Å². The van der Waals surface area contributed by atoms with Gasteiger partial charge in [-0.25, -0.2) is 0 Å². The molecule has 1 aromatic heterocycles. The van der Waals surface area contributed by atoms with Gasteiger partial charge in [-0.2, -0.15) is 0 Å². The minimum Gasteiger partial charge on any atom is -0.489 e. The summed E-state index contributed by atoms with van der Waals surface area (Å²) in [4.78, 5) is 16.6. The van der Waals surface area contributed by atoms with E-state index in [1.807, 2.05) is 13.0 Å². The third-order valence-electron chi connectivity index (χ3n) is 3.03. The van der Waals surface area contributed by atoms with Crippen molar-refractivity contribution < 1.29 is 9.53 Å². The van der Waals surface area contributed by atoms with E-state index in [9.17, 15) is 4.79 Å². The number of halogens is 1. The van der Waals surface area contributed by atoms with Crippen LogP contribution in [0.5, 0.6) is 5.75 Å². The van der Waals surface area contributed by atoms with Gasteiger partial charge in [-0.05, 0) is 31.2 Å². The van der Waals surface area contributed by atoms with Gasteiger partial charge in [0.2, 0.25) is 0 Å². The molecule has 2 rings (SSSR count). The predicted octanol–water partition coefficient (Wildman–Crippen LogP) is 3.79. The van der Waals surface area contributed by atoms with Gasteiger partial charge >= 0.3 is 0 Å². The highest BCUT2D eigenvalue weighted by Crippen LogP contribution is 2.20. The predicted molar refractivity (Wildman–Crippen MR) is 87.3 cm³/mol. The second kappa shape index (κ2) is 7.61. The number of amides is 1. The van der Waals surface area contributed by atoms with Crippen molar-refractivity contribution in [2.75, 3.05) is 6.61 Å². The number of carbonyl (C=O) groups excluding carboxylic acids is 1. The largest absolute Gasteiger partial charge is 0.489 e. The quantitative estimate of drug-likeness (QED) is 0.825. The molecule has 0 saturated carbocycles. The molecule has 1 heterocycles. The molecule has 1 N–H and O–H groups in total. The van der Waals surface area contributed by atoms with E-state index < -0.39 is 0 Å². The zero-order chi connectivity index (χ0) is 15.9. The highest BCUT2D eigenvalue weighted by atomic mass is 35.5. The third-order valence-corrected chi connectivity index (χ3v) is 3.25. The van der Waals surface area contributed by atoms with Crippen LogP contribution in [-0.4, -0.2) is 17.5 Å². The first-order valence-corrected chi connectivity index (χ1v) is 7.24. The summed E-state index contributed by atoms with van der Waals surface area (Å²) in [7, 11) is 0. The van der Waals surface area contributed by atoms with Gasteiger partial charge < -0.3 is 10.1 Å². The molecule has 22 heavy (non-hydrogen) atoms. The molecular weight excluding hydrogens is 300 g/mol. The molecule has 0 saturated heterocycles. The van der Waals surface area contributed by atoms with Crippen LogP contribution < -0.4 is 10.1 Å². The maximum Gasteiger partial charge on any atom is 0.255 e. The van der Waals surface area contributed by atoms with Crippen LogP contribution in [0.3, 0.4) is 0 Å². The molecule has 0 aliphatic carbocycles. The summed E-state index contributed by atoms with van der Waals surface area (Å²) in [6, 6.07) is 10.4. The second-order valence-corrected chi connectivity index (χ2v) is 5.13. The molecule has 4 nitrogen and oxygen atoms in total.